The van der Waals surface area contributed by atoms with Gasteiger partial charge in [0.25, 0.3) is 0 Å². The number of alkyl halides is 1. The smallest absolute Gasteiger partial charge is 0.0639 e. The largest absolute Gasteiger partial charge is 0.392 e. The number of allylic oxidation sites excluding steroid dienone is 1. The SMILES string of the molecule is C/C(=C\CCCCCl)CO. The average Bonchev–Trinajstić information content (AvgIpc) is 1.98. The summed E-state index contributed by atoms with van der Waals surface area (Å²) in [6.07, 6.45) is 5.29. The van der Waals surface area contributed by atoms with Crippen LogP contribution in [0.2, 0.25) is 0 Å². The highest BCUT2D eigenvalue weighted by molar-refractivity contribution is 6.17. The van der Waals surface area contributed by atoms with Gasteiger partial charge < -0.3 is 5.11 Å². The van der Waals surface area contributed by atoms with Crippen LogP contribution in [0.1, 0.15) is 26.2 Å². The summed E-state index contributed by atoms with van der Waals surface area (Å²) in [5.74, 6) is 0.742. The standard InChI is InChI=1S/C8H15ClO/c1-8(7-10)5-3-2-4-6-9/h5,10H,2-4,6-7H2,1H3/b8-5+. The first-order chi connectivity index (χ1) is 4.81. The second kappa shape index (κ2) is 7.10. The van der Waals surface area contributed by atoms with E-state index in [0.717, 1.165) is 30.7 Å². The minimum atomic E-state index is 0.181. The Balaban J connectivity index is 3.16. The molecule has 1 N–H and O–H groups in total. The van der Waals surface area contributed by atoms with Gasteiger partial charge in [-0.05, 0) is 26.2 Å². The van der Waals surface area contributed by atoms with Crippen molar-refractivity contribution in [1.82, 2.24) is 0 Å². The number of hydrogen-bond donors (Lipinski definition) is 1. The minimum absolute atomic E-state index is 0.181. The van der Waals surface area contributed by atoms with Gasteiger partial charge in [-0.3, -0.25) is 0 Å². The molecule has 0 radical (unpaired) electrons. The van der Waals surface area contributed by atoms with Gasteiger partial charge in [-0.1, -0.05) is 11.6 Å². The van der Waals surface area contributed by atoms with E-state index in [1.54, 1.807) is 0 Å². The Bertz CT molecular complexity index is 99.4. The number of hydrogen-bond acceptors (Lipinski definition) is 1. The molecule has 60 valence electrons. The molecule has 0 aliphatic heterocycles. The summed E-state index contributed by atoms with van der Waals surface area (Å²) in [6.45, 7) is 2.11. The normalized spacial score (nSPS) is 12.1. The Kier molecular flexibility index (Phi) is 7.09. The summed E-state index contributed by atoms with van der Waals surface area (Å²) in [6, 6.07) is 0. The maximum atomic E-state index is 8.60. The fourth-order valence-corrected chi connectivity index (χ4v) is 0.841. The number of unbranched alkanes of at least 4 members (excludes halogenated alkanes) is 2. The third-order valence-electron chi connectivity index (χ3n) is 1.33. The van der Waals surface area contributed by atoms with Gasteiger partial charge in [-0.25, -0.2) is 0 Å². The lowest BCUT2D eigenvalue weighted by molar-refractivity contribution is 0.331. The summed E-state index contributed by atoms with van der Waals surface area (Å²) < 4.78 is 0. The number of aliphatic hydroxyl groups excluding tert-OH is 1. The topological polar surface area (TPSA) is 20.2 Å². The number of halogens is 1. The highest BCUT2D eigenvalue weighted by Crippen LogP contribution is 2.01. The fourth-order valence-electron chi connectivity index (χ4n) is 0.652. The fraction of sp³-hybridized carbons (Fsp3) is 0.750. The van der Waals surface area contributed by atoms with E-state index in [9.17, 15) is 0 Å². The molecule has 0 unspecified atom stereocenters. The van der Waals surface area contributed by atoms with Crippen molar-refractivity contribution >= 4 is 11.6 Å². The summed E-state index contributed by atoms with van der Waals surface area (Å²) >= 11 is 5.48. The Morgan fingerprint density at radius 2 is 2.20 bits per heavy atom. The van der Waals surface area contributed by atoms with Crippen molar-refractivity contribution in [1.29, 1.82) is 0 Å². The molecule has 0 fully saturated rings. The third-order valence-corrected chi connectivity index (χ3v) is 1.60. The van der Waals surface area contributed by atoms with E-state index in [0.29, 0.717) is 0 Å². The van der Waals surface area contributed by atoms with Gasteiger partial charge in [0.05, 0.1) is 6.61 Å². The molecule has 0 heterocycles. The number of rotatable bonds is 5. The van der Waals surface area contributed by atoms with Crippen LogP contribution < -0.4 is 0 Å². The van der Waals surface area contributed by atoms with E-state index < -0.39 is 0 Å². The van der Waals surface area contributed by atoms with Crippen molar-refractivity contribution in [2.24, 2.45) is 0 Å². The van der Waals surface area contributed by atoms with Gasteiger partial charge in [-0.2, -0.15) is 0 Å². The van der Waals surface area contributed by atoms with Gasteiger partial charge in [0, 0.05) is 5.88 Å². The highest BCUT2D eigenvalue weighted by atomic mass is 35.5. The van der Waals surface area contributed by atoms with Gasteiger partial charge in [0.15, 0.2) is 0 Å². The van der Waals surface area contributed by atoms with E-state index in [1.165, 1.54) is 0 Å². The summed E-state index contributed by atoms with van der Waals surface area (Å²) in [5.41, 5.74) is 1.05. The van der Waals surface area contributed by atoms with Crippen LogP contribution >= 0.6 is 11.6 Å². The van der Waals surface area contributed by atoms with Gasteiger partial charge in [0.1, 0.15) is 0 Å². The molecular formula is C8H15ClO. The molecule has 0 bridgehead atoms. The Labute approximate surface area is 67.7 Å². The van der Waals surface area contributed by atoms with E-state index in [-0.39, 0.29) is 6.61 Å². The minimum Gasteiger partial charge on any atom is -0.392 e. The first kappa shape index (κ1) is 9.99. The molecule has 0 aromatic rings. The molecule has 0 atom stereocenters. The first-order valence-electron chi connectivity index (χ1n) is 3.63. The zero-order chi connectivity index (χ0) is 7.82. The van der Waals surface area contributed by atoms with Crippen LogP contribution in [-0.4, -0.2) is 17.6 Å². The Morgan fingerprint density at radius 1 is 1.50 bits per heavy atom. The van der Waals surface area contributed by atoms with Crippen LogP contribution in [0.5, 0.6) is 0 Å². The molecule has 2 heteroatoms. The van der Waals surface area contributed by atoms with Gasteiger partial charge in [0.2, 0.25) is 0 Å². The molecular weight excluding hydrogens is 148 g/mol. The molecule has 0 rings (SSSR count). The molecule has 0 aliphatic carbocycles. The van der Waals surface area contributed by atoms with Gasteiger partial charge in [-0.15, -0.1) is 11.6 Å². The van der Waals surface area contributed by atoms with Crippen molar-refractivity contribution in [2.45, 2.75) is 26.2 Å². The van der Waals surface area contributed by atoms with Crippen molar-refractivity contribution in [3.8, 4) is 0 Å². The van der Waals surface area contributed by atoms with Crippen molar-refractivity contribution in [3.63, 3.8) is 0 Å². The summed E-state index contributed by atoms with van der Waals surface area (Å²) in [5, 5.41) is 8.60. The van der Waals surface area contributed by atoms with E-state index >= 15 is 0 Å². The predicted molar refractivity (Wildman–Crippen MR) is 45.4 cm³/mol. The van der Waals surface area contributed by atoms with Crippen LogP contribution in [0.4, 0.5) is 0 Å². The van der Waals surface area contributed by atoms with Gasteiger partial charge >= 0.3 is 0 Å². The highest BCUT2D eigenvalue weighted by Gasteiger charge is 1.85. The predicted octanol–water partition coefficient (Wildman–Crippen LogP) is 2.33. The second-order valence-corrected chi connectivity index (χ2v) is 2.77. The van der Waals surface area contributed by atoms with Crippen molar-refractivity contribution in [2.75, 3.05) is 12.5 Å². The van der Waals surface area contributed by atoms with E-state index in [2.05, 4.69) is 6.08 Å². The molecule has 0 saturated heterocycles. The van der Waals surface area contributed by atoms with E-state index in [1.807, 2.05) is 6.92 Å². The lowest BCUT2D eigenvalue weighted by atomic mass is 10.2. The maximum absolute atomic E-state index is 8.60. The lowest BCUT2D eigenvalue weighted by Gasteiger charge is -1.94. The molecule has 0 saturated carbocycles. The molecule has 0 aliphatic rings. The lowest BCUT2D eigenvalue weighted by Crippen LogP contribution is -1.83. The monoisotopic (exact) mass is 162 g/mol. The molecule has 0 aromatic heterocycles. The molecule has 0 aromatic carbocycles. The van der Waals surface area contributed by atoms with Crippen molar-refractivity contribution in [3.05, 3.63) is 11.6 Å². The van der Waals surface area contributed by atoms with Crippen LogP contribution in [0.15, 0.2) is 11.6 Å². The Morgan fingerprint density at radius 3 is 2.70 bits per heavy atom. The second-order valence-electron chi connectivity index (χ2n) is 2.39. The average molecular weight is 163 g/mol. The molecule has 0 amide bonds. The first-order valence-corrected chi connectivity index (χ1v) is 4.17. The molecule has 1 nitrogen and oxygen atoms in total. The third kappa shape index (κ3) is 6.12. The van der Waals surface area contributed by atoms with E-state index in [4.69, 9.17) is 16.7 Å². The molecule has 0 spiro atoms. The Hall–Kier alpha value is -0.0100. The quantitative estimate of drug-likeness (QED) is 0.374. The van der Waals surface area contributed by atoms with Crippen LogP contribution in [-0.2, 0) is 0 Å². The maximum Gasteiger partial charge on any atom is 0.0639 e. The molecule has 10 heavy (non-hydrogen) atoms. The van der Waals surface area contributed by atoms with Crippen LogP contribution in [0, 0.1) is 0 Å². The summed E-state index contributed by atoms with van der Waals surface area (Å²) in [7, 11) is 0. The van der Waals surface area contributed by atoms with Crippen LogP contribution in [0.3, 0.4) is 0 Å². The van der Waals surface area contributed by atoms with Crippen molar-refractivity contribution < 1.29 is 5.11 Å². The zero-order valence-electron chi connectivity index (χ0n) is 6.44. The summed E-state index contributed by atoms with van der Waals surface area (Å²) in [4.78, 5) is 0. The number of aliphatic hydroxyl groups is 1. The zero-order valence-corrected chi connectivity index (χ0v) is 7.19. The van der Waals surface area contributed by atoms with Crippen LogP contribution in [0.25, 0.3) is 0 Å².